The maximum atomic E-state index is 5.91. The smallest absolute Gasteiger partial charge is 0.228 e. The molecule has 3 aromatic rings. The van der Waals surface area contributed by atoms with Crippen LogP contribution < -0.4 is 20.1 Å². The number of benzene rings is 2. The molecule has 0 saturated heterocycles. The first kappa shape index (κ1) is 22.4. The number of guanidine groups is 1. The lowest BCUT2D eigenvalue weighted by Crippen LogP contribution is -2.39. The summed E-state index contributed by atoms with van der Waals surface area (Å²) < 4.78 is 15.9. The van der Waals surface area contributed by atoms with Crippen LogP contribution in [0.2, 0.25) is 5.02 Å². The largest absolute Gasteiger partial charge is 0.493 e. The molecule has 0 amide bonds. The highest BCUT2D eigenvalue weighted by Gasteiger charge is 2.09. The van der Waals surface area contributed by atoms with E-state index in [4.69, 9.17) is 25.6 Å². The molecule has 1 aromatic heterocycles. The average molecular weight is 444 g/mol. The molecule has 164 valence electrons. The van der Waals surface area contributed by atoms with Crippen molar-refractivity contribution in [3.8, 4) is 22.9 Å². The Morgan fingerprint density at radius 2 is 1.71 bits per heavy atom. The molecule has 2 aromatic carbocycles. The summed E-state index contributed by atoms with van der Waals surface area (Å²) in [4.78, 5) is 8.67. The lowest BCUT2D eigenvalue weighted by molar-refractivity contribution is 0.354. The molecule has 0 aliphatic rings. The summed E-state index contributed by atoms with van der Waals surface area (Å²) in [6.07, 6.45) is 1.39. The predicted molar refractivity (Wildman–Crippen MR) is 121 cm³/mol. The van der Waals surface area contributed by atoms with Crippen molar-refractivity contribution in [3.63, 3.8) is 0 Å². The van der Waals surface area contributed by atoms with E-state index in [1.807, 2.05) is 30.3 Å². The van der Waals surface area contributed by atoms with Gasteiger partial charge in [0.2, 0.25) is 11.7 Å². The van der Waals surface area contributed by atoms with E-state index in [1.54, 1.807) is 33.4 Å². The quantitative estimate of drug-likeness (QED) is 0.387. The van der Waals surface area contributed by atoms with Gasteiger partial charge in [-0.3, -0.25) is 4.99 Å². The topological polar surface area (TPSA) is 93.8 Å². The summed E-state index contributed by atoms with van der Waals surface area (Å²) in [6, 6.07) is 13.2. The molecule has 3 rings (SSSR count). The van der Waals surface area contributed by atoms with Crippen LogP contribution in [0.5, 0.6) is 11.5 Å². The maximum absolute atomic E-state index is 5.91. The van der Waals surface area contributed by atoms with Gasteiger partial charge in [0, 0.05) is 37.1 Å². The number of methoxy groups -OCH3 is 2. The van der Waals surface area contributed by atoms with Crippen molar-refractivity contribution >= 4 is 17.6 Å². The van der Waals surface area contributed by atoms with Gasteiger partial charge in [-0.05, 0) is 48.4 Å². The number of nitrogens with zero attached hydrogens (tertiary/aromatic N) is 3. The fourth-order valence-electron chi connectivity index (χ4n) is 2.94. The Morgan fingerprint density at radius 3 is 2.39 bits per heavy atom. The Kier molecular flexibility index (Phi) is 8.12. The van der Waals surface area contributed by atoms with Gasteiger partial charge in [0.1, 0.15) is 0 Å². The summed E-state index contributed by atoms with van der Waals surface area (Å²) in [6.45, 7) is 1.33. The second-order valence-electron chi connectivity index (χ2n) is 6.63. The molecule has 1 heterocycles. The fraction of sp³-hybridized carbons (Fsp3) is 0.318. The zero-order chi connectivity index (χ0) is 22.1. The van der Waals surface area contributed by atoms with Crippen molar-refractivity contribution in [2.75, 3.05) is 34.4 Å². The van der Waals surface area contributed by atoms with Crippen LogP contribution in [0.1, 0.15) is 11.5 Å². The maximum Gasteiger partial charge on any atom is 0.228 e. The Labute approximate surface area is 186 Å². The Bertz CT molecular complexity index is 1000. The molecule has 0 radical (unpaired) electrons. The third-order valence-corrected chi connectivity index (χ3v) is 4.83. The molecule has 9 heteroatoms. The van der Waals surface area contributed by atoms with Gasteiger partial charge < -0.3 is 24.6 Å². The molecule has 2 N–H and O–H groups in total. The van der Waals surface area contributed by atoms with Crippen molar-refractivity contribution in [1.82, 2.24) is 20.8 Å². The van der Waals surface area contributed by atoms with Crippen molar-refractivity contribution in [3.05, 3.63) is 58.9 Å². The second kappa shape index (κ2) is 11.2. The predicted octanol–water partition coefficient (Wildman–Crippen LogP) is 3.36. The summed E-state index contributed by atoms with van der Waals surface area (Å²) in [5, 5.41) is 11.2. The molecular formula is C22H26ClN5O3. The van der Waals surface area contributed by atoms with Gasteiger partial charge in [0.05, 0.1) is 14.2 Å². The highest BCUT2D eigenvalue weighted by Crippen LogP contribution is 2.27. The third-order valence-electron chi connectivity index (χ3n) is 4.58. The molecule has 0 atom stereocenters. The highest BCUT2D eigenvalue weighted by molar-refractivity contribution is 6.30. The Hall–Kier alpha value is -3.26. The van der Waals surface area contributed by atoms with Gasteiger partial charge in [-0.1, -0.05) is 22.8 Å². The van der Waals surface area contributed by atoms with E-state index in [-0.39, 0.29) is 0 Å². The molecular weight excluding hydrogens is 418 g/mol. The number of hydrogen-bond acceptors (Lipinski definition) is 6. The molecule has 0 saturated carbocycles. The summed E-state index contributed by atoms with van der Waals surface area (Å²) in [5.41, 5.74) is 2.00. The van der Waals surface area contributed by atoms with Crippen molar-refractivity contribution < 1.29 is 14.0 Å². The molecule has 0 unspecified atom stereocenters. The van der Waals surface area contributed by atoms with E-state index >= 15 is 0 Å². The van der Waals surface area contributed by atoms with E-state index in [2.05, 4.69) is 25.8 Å². The minimum Gasteiger partial charge on any atom is -0.493 e. The summed E-state index contributed by atoms with van der Waals surface area (Å²) in [7, 11) is 4.99. The number of ether oxygens (including phenoxy) is 2. The van der Waals surface area contributed by atoms with Crippen LogP contribution in [-0.2, 0) is 12.8 Å². The second-order valence-corrected chi connectivity index (χ2v) is 7.07. The number of hydrogen-bond donors (Lipinski definition) is 2. The van der Waals surface area contributed by atoms with Crippen molar-refractivity contribution in [1.29, 1.82) is 0 Å². The minimum absolute atomic E-state index is 0.545. The SMILES string of the molecule is CN=C(NCCc1ccc(OC)c(OC)c1)NCCc1nc(-c2ccc(Cl)cc2)no1. The standard InChI is InChI=1S/C22H26ClN5O3/c1-24-22(25-12-10-15-4-9-18(29-2)19(14-15)30-3)26-13-11-20-27-21(28-31-20)16-5-7-17(23)8-6-16/h4-9,14H,10-13H2,1-3H3,(H2,24,25,26). The van der Waals surface area contributed by atoms with Crippen LogP contribution in [0.25, 0.3) is 11.4 Å². The monoisotopic (exact) mass is 443 g/mol. The van der Waals surface area contributed by atoms with E-state index in [0.29, 0.717) is 35.7 Å². The van der Waals surface area contributed by atoms with Gasteiger partial charge in [-0.2, -0.15) is 4.98 Å². The molecule has 0 aliphatic heterocycles. The van der Waals surface area contributed by atoms with E-state index in [0.717, 1.165) is 35.6 Å². The lowest BCUT2D eigenvalue weighted by Gasteiger charge is -2.12. The molecule has 8 nitrogen and oxygen atoms in total. The first-order valence-electron chi connectivity index (χ1n) is 9.87. The lowest BCUT2D eigenvalue weighted by atomic mass is 10.1. The molecule has 0 spiro atoms. The van der Waals surface area contributed by atoms with Crippen LogP contribution in [0, 0.1) is 0 Å². The number of aromatic nitrogens is 2. The van der Waals surface area contributed by atoms with Crippen LogP contribution in [-0.4, -0.2) is 50.5 Å². The van der Waals surface area contributed by atoms with E-state index in [9.17, 15) is 0 Å². The molecule has 31 heavy (non-hydrogen) atoms. The molecule has 0 aliphatic carbocycles. The van der Waals surface area contributed by atoms with Gasteiger partial charge in [0.15, 0.2) is 17.5 Å². The van der Waals surface area contributed by atoms with Crippen LogP contribution in [0.4, 0.5) is 0 Å². The molecule has 0 bridgehead atoms. The molecule has 0 fully saturated rings. The van der Waals surface area contributed by atoms with Crippen molar-refractivity contribution in [2.24, 2.45) is 4.99 Å². The van der Waals surface area contributed by atoms with Gasteiger partial charge in [0.25, 0.3) is 0 Å². The van der Waals surface area contributed by atoms with Crippen LogP contribution >= 0.6 is 11.6 Å². The minimum atomic E-state index is 0.545. The van der Waals surface area contributed by atoms with Gasteiger partial charge >= 0.3 is 0 Å². The first-order chi connectivity index (χ1) is 15.1. The Balaban J connectivity index is 1.43. The summed E-state index contributed by atoms with van der Waals surface area (Å²) >= 11 is 5.91. The number of halogens is 1. The van der Waals surface area contributed by atoms with Gasteiger partial charge in [-0.25, -0.2) is 0 Å². The van der Waals surface area contributed by atoms with Crippen LogP contribution in [0.3, 0.4) is 0 Å². The third kappa shape index (κ3) is 6.36. The Morgan fingerprint density at radius 1 is 1.00 bits per heavy atom. The fourth-order valence-corrected chi connectivity index (χ4v) is 3.07. The summed E-state index contributed by atoms with van der Waals surface area (Å²) in [5.74, 6) is 3.25. The number of rotatable bonds is 9. The van der Waals surface area contributed by atoms with E-state index < -0.39 is 0 Å². The normalized spacial score (nSPS) is 11.3. The average Bonchev–Trinajstić information content (AvgIpc) is 3.27. The number of aliphatic imine (C=N–C) groups is 1. The number of nitrogens with one attached hydrogen (secondary N) is 2. The first-order valence-corrected chi connectivity index (χ1v) is 10.2. The highest BCUT2D eigenvalue weighted by atomic mass is 35.5. The van der Waals surface area contributed by atoms with Crippen molar-refractivity contribution in [2.45, 2.75) is 12.8 Å². The zero-order valence-corrected chi connectivity index (χ0v) is 18.6. The van der Waals surface area contributed by atoms with Gasteiger partial charge in [-0.15, -0.1) is 0 Å². The van der Waals surface area contributed by atoms with Crippen LogP contribution in [0.15, 0.2) is 52.0 Å². The zero-order valence-electron chi connectivity index (χ0n) is 17.8. The van der Waals surface area contributed by atoms with E-state index in [1.165, 1.54) is 0 Å².